The standard InChI is InChI=1S/C10H11FO2/c1-3-13-10(12)9-6-8(11)5-4-7(9)2/h4-6H,3H2,1-2H3. The highest BCUT2D eigenvalue weighted by atomic mass is 19.1. The van der Waals surface area contributed by atoms with E-state index >= 15 is 0 Å². The molecule has 0 heterocycles. The van der Waals surface area contributed by atoms with Crippen LogP contribution in [-0.4, -0.2) is 12.6 Å². The van der Waals surface area contributed by atoms with Crippen LogP contribution in [0.1, 0.15) is 22.8 Å². The lowest BCUT2D eigenvalue weighted by Crippen LogP contribution is -2.06. The molecule has 70 valence electrons. The van der Waals surface area contributed by atoms with Gasteiger partial charge in [0.05, 0.1) is 12.2 Å². The van der Waals surface area contributed by atoms with Crippen LogP contribution in [0.4, 0.5) is 4.39 Å². The van der Waals surface area contributed by atoms with Gasteiger partial charge < -0.3 is 4.74 Å². The van der Waals surface area contributed by atoms with E-state index in [4.69, 9.17) is 4.74 Å². The van der Waals surface area contributed by atoms with Crippen LogP contribution < -0.4 is 0 Å². The van der Waals surface area contributed by atoms with E-state index in [0.717, 1.165) is 5.56 Å². The lowest BCUT2D eigenvalue weighted by atomic mass is 10.1. The smallest absolute Gasteiger partial charge is 0.338 e. The lowest BCUT2D eigenvalue weighted by Gasteiger charge is -2.04. The van der Waals surface area contributed by atoms with E-state index in [1.54, 1.807) is 19.9 Å². The van der Waals surface area contributed by atoms with Crippen molar-refractivity contribution in [2.75, 3.05) is 6.61 Å². The van der Waals surface area contributed by atoms with Gasteiger partial charge in [-0.05, 0) is 31.5 Å². The van der Waals surface area contributed by atoms with Crippen LogP contribution >= 0.6 is 0 Å². The third-order valence-corrected chi connectivity index (χ3v) is 1.69. The van der Waals surface area contributed by atoms with E-state index in [2.05, 4.69) is 0 Å². The summed E-state index contributed by atoms with van der Waals surface area (Å²) in [5, 5.41) is 0. The van der Waals surface area contributed by atoms with Gasteiger partial charge in [-0.15, -0.1) is 0 Å². The van der Waals surface area contributed by atoms with Gasteiger partial charge in [-0.25, -0.2) is 9.18 Å². The molecule has 0 atom stereocenters. The number of benzene rings is 1. The van der Waals surface area contributed by atoms with E-state index in [-0.39, 0.29) is 0 Å². The van der Waals surface area contributed by atoms with Crippen molar-refractivity contribution >= 4 is 5.97 Å². The number of rotatable bonds is 2. The minimum Gasteiger partial charge on any atom is -0.462 e. The fraction of sp³-hybridized carbons (Fsp3) is 0.300. The Morgan fingerprint density at radius 1 is 1.54 bits per heavy atom. The maximum atomic E-state index is 12.7. The first kappa shape index (κ1) is 9.71. The Morgan fingerprint density at radius 3 is 2.85 bits per heavy atom. The van der Waals surface area contributed by atoms with Crippen molar-refractivity contribution in [3.63, 3.8) is 0 Å². The van der Waals surface area contributed by atoms with Crippen LogP contribution in [0.5, 0.6) is 0 Å². The Balaban J connectivity index is 2.99. The second-order valence-electron chi connectivity index (χ2n) is 2.68. The molecule has 0 aliphatic carbocycles. The fourth-order valence-electron chi connectivity index (χ4n) is 1.02. The molecule has 0 bridgehead atoms. The molecular weight excluding hydrogens is 171 g/mol. The zero-order chi connectivity index (χ0) is 9.84. The maximum absolute atomic E-state index is 12.7. The molecular formula is C10H11FO2. The molecule has 0 radical (unpaired) electrons. The van der Waals surface area contributed by atoms with Gasteiger partial charge in [-0.3, -0.25) is 0 Å². The summed E-state index contributed by atoms with van der Waals surface area (Å²) in [7, 11) is 0. The quantitative estimate of drug-likeness (QED) is 0.656. The average molecular weight is 182 g/mol. The first-order chi connectivity index (χ1) is 6.15. The Labute approximate surface area is 76.3 Å². The largest absolute Gasteiger partial charge is 0.462 e. The fourth-order valence-corrected chi connectivity index (χ4v) is 1.02. The monoisotopic (exact) mass is 182 g/mol. The number of halogens is 1. The molecule has 1 aromatic carbocycles. The molecule has 0 aliphatic rings. The highest BCUT2D eigenvalue weighted by Gasteiger charge is 2.10. The van der Waals surface area contributed by atoms with Crippen LogP contribution in [-0.2, 0) is 4.74 Å². The Hall–Kier alpha value is -1.38. The summed E-state index contributed by atoms with van der Waals surface area (Å²) in [6, 6.07) is 4.06. The molecule has 0 fully saturated rings. The number of hydrogen-bond acceptors (Lipinski definition) is 2. The minimum atomic E-state index is -0.473. The molecule has 0 spiro atoms. The van der Waals surface area contributed by atoms with E-state index < -0.39 is 11.8 Å². The molecule has 0 saturated heterocycles. The van der Waals surface area contributed by atoms with Crippen LogP contribution in [0, 0.1) is 12.7 Å². The van der Waals surface area contributed by atoms with Crippen LogP contribution in [0.2, 0.25) is 0 Å². The predicted octanol–water partition coefficient (Wildman–Crippen LogP) is 2.31. The lowest BCUT2D eigenvalue weighted by molar-refractivity contribution is 0.0525. The number of esters is 1. The van der Waals surface area contributed by atoms with Gasteiger partial charge in [0.2, 0.25) is 0 Å². The molecule has 0 N–H and O–H groups in total. The number of hydrogen-bond donors (Lipinski definition) is 0. The molecule has 1 aromatic rings. The van der Waals surface area contributed by atoms with Gasteiger partial charge >= 0.3 is 5.97 Å². The van der Waals surface area contributed by atoms with Crippen molar-refractivity contribution in [1.82, 2.24) is 0 Å². The van der Waals surface area contributed by atoms with Gasteiger partial charge in [-0.2, -0.15) is 0 Å². The minimum absolute atomic E-state index is 0.293. The number of carbonyl (C=O) groups excluding carboxylic acids is 1. The third-order valence-electron chi connectivity index (χ3n) is 1.69. The molecule has 1 rings (SSSR count). The van der Waals surface area contributed by atoms with Crippen molar-refractivity contribution < 1.29 is 13.9 Å². The molecule has 0 unspecified atom stereocenters. The first-order valence-corrected chi connectivity index (χ1v) is 4.08. The SMILES string of the molecule is CCOC(=O)c1cc(F)ccc1C. The van der Waals surface area contributed by atoms with Crippen molar-refractivity contribution in [3.05, 3.63) is 35.1 Å². The highest BCUT2D eigenvalue weighted by molar-refractivity contribution is 5.90. The van der Waals surface area contributed by atoms with E-state index in [0.29, 0.717) is 12.2 Å². The first-order valence-electron chi connectivity index (χ1n) is 4.08. The van der Waals surface area contributed by atoms with Crippen molar-refractivity contribution in [3.8, 4) is 0 Å². The molecule has 0 aromatic heterocycles. The molecule has 0 aliphatic heterocycles. The van der Waals surface area contributed by atoms with Gasteiger partial charge in [0, 0.05) is 0 Å². The zero-order valence-corrected chi connectivity index (χ0v) is 7.63. The van der Waals surface area contributed by atoms with Gasteiger partial charge in [0.15, 0.2) is 0 Å². The molecule has 0 amide bonds. The number of carbonyl (C=O) groups is 1. The van der Waals surface area contributed by atoms with Gasteiger partial charge in [0.25, 0.3) is 0 Å². The maximum Gasteiger partial charge on any atom is 0.338 e. The second kappa shape index (κ2) is 4.03. The molecule has 0 saturated carbocycles. The average Bonchev–Trinajstić information content (AvgIpc) is 2.09. The van der Waals surface area contributed by atoms with Crippen molar-refractivity contribution in [1.29, 1.82) is 0 Å². The molecule has 13 heavy (non-hydrogen) atoms. The zero-order valence-electron chi connectivity index (χ0n) is 7.63. The van der Waals surface area contributed by atoms with Crippen LogP contribution in [0.15, 0.2) is 18.2 Å². The highest BCUT2D eigenvalue weighted by Crippen LogP contribution is 2.11. The summed E-state index contributed by atoms with van der Waals surface area (Å²) in [6.07, 6.45) is 0. The normalized spacial score (nSPS) is 9.77. The van der Waals surface area contributed by atoms with Gasteiger partial charge in [0.1, 0.15) is 5.82 Å². The Bertz CT molecular complexity index is 321. The third kappa shape index (κ3) is 2.28. The Kier molecular flexibility index (Phi) is 3.01. The predicted molar refractivity (Wildman–Crippen MR) is 47.1 cm³/mol. The summed E-state index contributed by atoms with van der Waals surface area (Å²) in [4.78, 5) is 11.2. The summed E-state index contributed by atoms with van der Waals surface area (Å²) < 4.78 is 17.5. The van der Waals surface area contributed by atoms with Crippen LogP contribution in [0.3, 0.4) is 0 Å². The number of aryl methyl sites for hydroxylation is 1. The molecule has 3 heteroatoms. The Morgan fingerprint density at radius 2 is 2.23 bits per heavy atom. The van der Waals surface area contributed by atoms with E-state index in [1.807, 2.05) is 0 Å². The van der Waals surface area contributed by atoms with Crippen molar-refractivity contribution in [2.24, 2.45) is 0 Å². The summed E-state index contributed by atoms with van der Waals surface area (Å²) >= 11 is 0. The van der Waals surface area contributed by atoms with Crippen LogP contribution in [0.25, 0.3) is 0 Å². The van der Waals surface area contributed by atoms with E-state index in [1.165, 1.54) is 12.1 Å². The van der Waals surface area contributed by atoms with Gasteiger partial charge in [-0.1, -0.05) is 6.07 Å². The second-order valence-corrected chi connectivity index (χ2v) is 2.68. The molecule has 2 nitrogen and oxygen atoms in total. The summed E-state index contributed by atoms with van der Waals surface area (Å²) in [5.74, 6) is -0.895. The summed E-state index contributed by atoms with van der Waals surface area (Å²) in [5.41, 5.74) is 1.02. The summed E-state index contributed by atoms with van der Waals surface area (Å²) in [6.45, 7) is 3.76. The van der Waals surface area contributed by atoms with Crippen molar-refractivity contribution in [2.45, 2.75) is 13.8 Å². The van der Waals surface area contributed by atoms with E-state index in [9.17, 15) is 9.18 Å². The topological polar surface area (TPSA) is 26.3 Å². The number of ether oxygens (including phenoxy) is 1.